The maximum Gasteiger partial charge on any atom is 0.128 e. The summed E-state index contributed by atoms with van der Waals surface area (Å²) in [6, 6.07) is 3.37. The summed E-state index contributed by atoms with van der Waals surface area (Å²) in [6.07, 6.45) is 1.14. The highest BCUT2D eigenvalue weighted by molar-refractivity contribution is 6.16. The summed E-state index contributed by atoms with van der Waals surface area (Å²) in [6.45, 7) is 10.0. The van der Waals surface area contributed by atoms with E-state index in [-0.39, 0.29) is 5.82 Å². The third-order valence-electron chi connectivity index (χ3n) is 3.85. The number of imidazole rings is 1. The summed E-state index contributed by atoms with van der Waals surface area (Å²) in [4.78, 5) is 6.86. The first-order chi connectivity index (χ1) is 10.1. The van der Waals surface area contributed by atoms with Gasteiger partial charge in [-0.3, -0.25) is 0 Å². The molecule has 3 nitrogen and oxygen atoms in total. The van der Waals surface area contributed by atoms with Gasteiger partial charge in [-0.2, -0.15) is 0 Å². The predicted molar refractivity (Wildman–Crippen MR) is 86.4 cm³/mol. The molecule has 0 radical (unpaired) electrons. The van der Waals surface area contributed by atoms with Gasteiger partial charge in [-0.05, 0) is 38.1 Å². The van der Waals surface area contributed by atoms with E-state index in [2.05, 4.69) is 28.3 Å². The SMILES string of the molecule is CCCN(CC)CCn1c(CCl)nc2cc(F)c(C)cc21. The maximum atomic E-state index is 13.7. The number of halogens is 2. The number of nitrogens with zero attached hydrogens (tertiary/aromatic N) is 3. The molecule has 0 N–H and O–H groups in total. The zero-order valence-corrected chi connectivity index (χ0v) is 13.8. The average molecular weight is 312 g/mol. The highest BCUT2D eigenvalue weighted by Crippen LogP contribution is 2.21. The van der Waals surface area contributed by atoms with Gasteiger partial charge in [0, 0.05) is 19.2 Å². The third-order valence-corrected chi connectivity index (χ3v) is 4.09. The topological polar surface area (TPSA) is 21.1 Å². The molecule has 0 unspecified atom stereocenters. The number of hydrogen-bond acceptors (Lipinski definition) is 2. The zero-order chi connectivity index (χ0) is 15.4. The Labute approximate surface area is 130 Å². The van der Waals surface area contributed by atoms with Gasteiger partial charge in [0.25, 0.3) is 0 Å². The Morgan fingerprint density at radius 2 is 2.05 bits per heavy atom. The van der Waals surface area contributed by atoms with E-state index in [1.165, 1.54) is 6.07 Å². The summed E-state index contributed by atoms with van der Waals surface area (Å²) in [5.41, 5.74) is 2.30. The summed E-state index contributed by atoms with van der Waals surface area (Å²) >= 11 is 6.00. The second kappa shape index (κ2) is 7.23. The molecule has 116 valence electrons. The van der Waals surface area contributed by atoms with E-state index in [9.17, 15) is 4.39 Å². The van der Waals surface area contributed by atoms with Crippen LogP contribution in [0, 0.1) is 12.7 Å². The fourth-order valence-electron chi connectivity index (χ4n) is 2.64. The fourth-order valence-corrected chi connectivity index (χ4v) is 2.84. The molecule has 0 saturated carbocycles. The van der Waals surface area contributed by atoms with Crippen molar-refractivity contribution in [1.82, 2.24) is 14.5 Å². The Bertz CT molecular complexity index is 609. The molecule has 0 aliphatic carbocycles. The highest BCUT2D eigenvalue weighted by Gasteiger charge is 2.13. The minimum absolute atomic E-state index is 0.213. The number of benzene rings is 1. The molecule has 1 heterocycles. The molecular formula is C16H23ClFN3. The largest absolute Gasteiger partial charge is 0.326 e. The highest BCUT2D eigenvalue weighted by atomic mass is 35.5. The number of likely N-dealkylation sites (N-methyl/N-ethyl adjacent to an activating group) is 1. The summed E-state index contributed by atoms with van der Waals surface area (Å²) < 4.78 is 15.8. The van der Waals surface area contributed by atoms with E-state index in [0.29, 0.717) is 17.0 Å². The van der Waals surface area contributed by atoms with Crippen molar-refractivity contribution in [2.24, 2.45) is 0 Å². The van der Waals surface area contributed by atoms with Crippen LogP contribution in [0.3, 0.4) is 0 Å². The number of aromatic nitrogens is 2. The van der Waals surface area contributed by atoms with E-state index < -0.39 is 0 Å². The molecule has 2 rings (SSSR count). The molecule has 0 amide bonds. The number of alkyl halides is 1. The van der Waals surface area contributed by atoms with E-state index in [1.807, 2.05) is 6.07 Å². The molecule has 0 saturated heterocycles. The van der Waals surface area contributed by atoms with Gasteiger partial charge < -0.3 is 9.47 Å². The van der Waals surface area contributed by atoms with Crippen LogP contribution in [0.2, 0.25) is 0 Å². The molecule has 21 heavy (non-hydrogen) atoms. The van der Waals surface area contributed by atoms with Crippen molar-refractivity contribution in [3.8, 4) is 0 Å². The van der Waals surface area contributed by atoms with Crippen LogP contribution in [0.4, 0.5) is 4.39 Å². The monoisotopic (exact) mass is 311 g/mol. The van der Waals surface area contributed by atoms with Crippen molar-refractivity contribution in [2.75, 3.05) is 19.6 Å². The van der Waals surface area contributed by atoms with Gasteiger partial charge in [0.2, 0.25) is 0 Å². The maximum absolute atomic E-state index is 13.7. The van der Waals surface area contributed by atoms with Gasteiger partial charge in [0.15, 0.2) is 0 Å². The average Bonchev–Trinajstić information content (AvgIpc) is 2.81. The molecule has 0 atom stereocenters. The van der Waals surface area contributed by atoms with E-state index >= 15 is 0 Å². The van der Waals surface area contributed by atoms with Gasteiger partial charge >= 0.3 is 0 Å². The van der Waals surface area contributed by atoms with Crippen molar-refractivity contribution in [1.29, 1.82) is 0 Å². The van der Waals surface area contributed by atoms with Gasteiger partial charge in [0.1, 0.15) is 11.6 Å². The Hall–Kier alpha value is -1.13. The second-order valence-electron chi connectivity index (χ2n) is 5.34. The van der Waals surface area contributed by atoms with E-state index in [4.69, 9.17) is 11.6 Å². The number of hydrogen-bond donors (Lipinski definition) is 0. The second-order valence-corrected chi connectivity index (χ2v) is 5.60. The van der Waals surface area contributed by atoms with Crippen molar-refractivity contribution < 1.29 is 4.39 Å². The quantitative estimate of drug-likeness (QED) is 0.722. The molecule has 0 bridgehead atoms. The normalized spacial score (nSPS) is 11.7. The number of fused-ring (bicyclic) bond motifs is 1. The zero-order valence-electron chi connectivity index (χ0n) is 13.0. The molecule has 0 aliphatic rings. The molecular weight excluding hydrogens is 289 g/mol. The lowest BCUT2D eigenvalue weighted by Crippen LogP contribution is -2.28. The molecule has 0 aliphatic heterocycles. The van der Waals surface area contributed by atoms with Crippen LogP contribution in [-0.2, 0) is 12.4 Å². The first-order valence-corrected chi connectivity index (χ1v) is 8.07. The van der Waals surface area contributed by atoms with Crippen molar-refractivity contribution in [2.45, 2.75) is 39.6 Å². The summed E-state index contributed by atoms with van der Waals surface area (Å²) in [5, 5.41) is 0. The first kappa shape index (κ1) is 16.2. The van der Waals surface area contributed by atoms with Crippen LogP contribution >= 0.6 is 11.6 Å². The van der Waals surface area contributed by atoms with Gasteiger partial charge in [0.05, 0.1) is 16.9 Å². The molecule has 0 spiro atoms. The Morgan fingerprint density at radius 1 is 1.29 bits per heavy atom. The van der Waals surface area contributed by atoms with Crippen molar-refractivity contribution in [3.63, 3.8) is 0 Å². The van der Waals surface area contributed by atoms with Gasteiger partial charge in [-0.15, -0.1) is 11.6 Å². The summed E-state index contributed by atoms with van der Waals surface area (Å²) in [7, 11) is 0. The Balaban J connectivity index is 2.30. The fraction of sp³-hybridized carbons (Fsp3) is 0.562. The minimum Gasteiger partial charge on any atom is -0.326 e. The minimum atomic E-state index is -0.213. The van der Waals surface area contributed by atoms with Crippen molar-refractivity contribution >= 4 is 22.6 Å². The third kappa shape index (κ3) is 3.55. The molecule has 5 heteroatoms. The van der Waals surface area contributed by atoms with Crippen LogP contribution in [0.15, 0.2) is 12.1 Å². The molecule has 0 fully saturated rings. The van der Waals surface area contributed by atoms with Crippen LogP contribution < -0.4 is 0 Å². The van der Waals surface area contributed by atoms with Crippen LogP contribution in [0.1, 0.15) is 31.7 Å². The molecule has 1 aromatic carbocycles. The standard InChI is InChI=1S/C16H23ClFN3/c1-4-6-20(5-2)7-8-21-15-9-12(3)13(18)10-14(15)19-16(21)11-17/h9-10H,4-8,11H2,1-3H3. The first-order valence-electron chi connectivity index (χ1n) is 7.54. The van der Waals surface area contributed by atoms with Crippen LogP contribution in [-0.4, -0.2) is 34.1 Å². The van der Waals surface area contributed by atoms with Crippen LogP contribution in [0.25, 0.3) is 11.0 Å². The molecule has 1 aromatic heterocycles. The summed E-state index contributed by atoms with van der Waals surface area (Å²) in [5.74, 6) is 0.938. The number of aryl methyl sites for hydroxylation is 1. The lowest BCUT2D eigenvalue weighted by Gasteiger charge is -2.20. The number of rotatable bonds is 7. The smallest absolute Gasteiger partial charge is 0.128 e. The van der Waals surface area contributed by atoms with E-state index in [0.717, 1.165) is 43.9 Å². The Morgan fingerprint density at radius 3 is 2.67 bits per heavy atom. The lowest BCUT2D eigenvalue weighted by atomic mass is 10.2. The van der Waals surface area contributed by atoms with Gasteiger partial charge in [-0.1, -0.05) is 13.8 Å². The Kier molecular flexibility index (Phi) is 5.59. The van der Waals surface area contributed by atoms with Crippen LogP contribution in [0.5, 0.6) is 0 Å². The van der Waals surface area contributed by atoms with Gasteiger partial charge in [-0.25, -0.2) is 9.37 Å². The predicted octanol–water partition coefficient (Wildman–Crippen LogP) is 3.95. The lowest BCUT2D eigenvalue weighted by molar-refractivity contribution is 0.277. The van der Waals surface area contributed by atoms with Crippen molar-refractivity contribution in [3.05, 3.63) is 29.3 Å². The molecule has 2 aromatic rings. The van der Waals surface area contributed by atoms with E-state index in [1.54, 1.807) is 6.92 Å².